The Hall–Kier alpha value is -0.810. The first-order chi connectivity index (χ1) is 5.83. The lowest BCUT2D eigenvalue weighted by Gasteiger charge is -2.22. The Balaban J connectivity index is 2.15. The molecule has 1 fully saturated rings. The summed E-state index contributed by atoms with van der Waals surface area (Å²) in [5.74, 6) is 0. The molecule has 0 spiro atoms. The summed E-state index contributed by atoms with van der Waals surface area (Å²) in [5, 5.41) is 2.72. The summed E-state index contributed by atoms with van der Waals surface area (Å²) < 4.78 is 5.18. The van der Waals surface area contributed by atoms with Crippen LogP contribution < -0.4 is 10.8 Å². The largest absolute Gasteiger partial charge is 0.379 e. The second-order valence-corrected chi connectivity index (χ2v) is 2.69. The van der Waals surface area contributed by atoms with Crippen molar-refractivity contribution in [3.8, 4) is 0 Å². The number of urea groups is 1. The van der Waals surface area contributed by atoms with Gasteiger partial charge < -0.3 is 10.1 Å². The Bertz CT molecular complexity index is 146. The van der Waals surface area contributed by atoms with Crippen LogP contribution >= 0.6 is 0 Å². The number of hydroxylamine groups is 1. The van der Waals surface area contributed by atoms with E-state index in [0.29, 0.717) is 6.61 Å². The second-order valence-electron chi connectivity index (χ2n) is 2.69. The van der Waals surface area contributed by atoms with Gasteiger partial charge in [0.2, 0.25) is 0 Å². The minimum Gasteiger partial charge on any atom is -0.379 e. The van der Waals surface area contributed by atoms with Crippen LogP contribution in [0.5, 0.6) is 0 Å². The topological polar surface area (TPSA) is 59.6 Å². The predicted octanol–water partition coefficient (Wildman–Crippen LogP) is 0.0260. The van der Waals surface area contributed by atoms with Crippen molar-refractivity contribution in [1.29, 1.82) is 0 Å². The number of amides is 2. The van der Waals surface area contributed by atoms with Crippen molar-refractivity contribution in [2.75, 3.05) is 20.3 Å². The van der Waals surface area contributed by atoms with E-state index in [1.165, 1.54) is 7.11 Å². The van der Waals surface area contributed by atoms with Crippen LogP contribution in [0.2, 0.25) is 0 Å². The first-order valence-electron chi connectivity index (χ1n) is 4.00. The zero-order valence-electron chi connectivity index (χ0n) is 7.13. The molecule has 0 saturated carbocycles. The molecule has 2 N–H and O–H groups in total. The number of carbonyl (C=O) groups excluding carboxylic acids is 1. The predicted molar refractivity (Wildman–Crippen MR) is 42.5 cm³/mol. The smallest absolute Gasteiger partial charge is 0.338 e. The molecule has 1 saturated heterocycles. The zero-order chi connectivity index (χ0) is 8.81. The Kier molecular flexibility index (Phi) is 3.83. The van der Waals surface area contributed by atoms with E-state index < -0.39 is 0 Å². The van der Waals surface area contributed by atoms with E-state index in [1.54, 1.807) is 0 Å². The van der Waals surface area contributed by atoms with E-state index in [-0.39, 0.29) is 12.1 Å². The number of nitrogens with one attached hydrogen (secondary N) is 2. The minimum absolute atomic E-state index is 0.119. The maximum Gasteiger partial charge on any atom is 0.338 e. The van der Waals surface area contributed by atoms with Crippen LogP contribution in [0.15, 0.2) is 0 Å². The molecule has 0 radical (unpaired) electrons. The highest BCUT2D eigenvalue weighted by atomic mass is 16.6. The molecule has 70 valence electrons. The SMILES string of the molecule is CONC(=O)N[C@@H]1CCCOC1. The first-order valence-corrected chi connectivity index (χ1v) is 4.00. The van der Waals surface area contributed by atoms with Gasteiger partial charge in [0, 0.05) is 6.61 Å². The quantitative estimate of drug-likeness (QED) is 0.580. The maximum absolute atomic E-state index is 10.9. The lowest BCUT2D eigenvalue weighted by Crippen LogP contribution is -2.45. The number of carbonyl (C=O) groups is 1. The van der Waals surface area contributed by atoms with Crippen LogP contribution in [-0.4, -0.2) is 32.4 Å². The highest BCUT2D eigenvalue weighted by Crippen LogP contribution is 2.04. The Morgan fingerprint density at radius 2 is 2.50 bits per heavy atom. The number of rotatable bonds is 2. The van der Waals surface area contributed by atoms with Gasteiger partial charge in [-0.05, 0) is 12.8 Å². The van der Waals surface area contributed by atoms with E-state index >= 15 is 0 Å². The van der Waals surface area contributed by atoms with E-state index in [0.717, 1.165) is 19.4 Å². The summed E-state index contributed by atoms with van der Waals surface area (Å²) in [6, 6.07) is -0.193. The lowest BCUT2D eigenvalue weighted by molar-refractivity contribution is 0.0652. The molecule has 12 heavy (non-hydrogen) atoms. The van der Waals surface area contributed by atoms with E-state index in [1.807, 2.05) is 0 Å². The highest BCUT2D eigenvalue weighted by molar-refractivity contribution is 5.72. The number of hydrogen-bond donors (Lipinski definition) is 2. The van der Waals surface area contributed by atoms with Gasteiger partial charge in [0.05, 0.1) is 19.8 Å². The molecular formula is C7H14N2O3. The Labute approximate surface area is 71.4 Å². The summed E-state index contributed by atoms with van der Waals surface area (Å²) in [5.41, 5.74) is 2.19. The molecule has 0 aliphatic carbocycles. The van der Waals surface area contributed by atoms with Gasteiger partial charge in [0.15, 0.2) is 0 Å². The molecule has 1 rings (SSSR count). The van der Waals surface area contributed by atoms with Gasteiger partial charge >= 0.3 is 6.03 Å². The third kappa shape index (κ3) is 3.06. The van der Waals surface area contributed by atoms with Crippen molar-refractivity contribution in [3.05, 3.63) is 0 Å². The van der Waals surface area contributed by atoms with Crippen LogP contribution in [0.25, 0.3) is 0 Å². The summed E-state index contributed by atoms with van der Waals surface area (Å²) in [4.78, 5) is 15.4. The molecule has 5 heteroatoms. The van der Waals surface area contributed by atoms with Gasteiger partial charge in [-0.2, -0.15) is 0 Å². The van der Waals surface area contributed by atoms with Gasteiger partial charge in [-0.1, -0.05) is 0 Å². The third-order valence-corrected chi connectivity index (χ3v) is 1.69. The molecule has 1 heterocycles. The Morgan fingerprint density at radius 1 is 1.67 bits per heavy atom. The van der Waals surface area contributed by atoms with Gasteiger partial charge in [0.25, 0.3) is 0 Å². The van der Waals surface area contributed by atoms with Gasteiger partial charge in [-0.15, -0.1) is 0 Å². The summed E-state index contributed by atoms with van der Waals surface area (Å²) in [7, 11) is 1.40. The third-order valence-electron chi connectivity index (χ3n) is 1.69. The van der Waals surface area contributed by atoms with Gasteiger partial charge in [0.1, 0.15) is 0 Å². The normalized spacial score (nSPS) is 23.2. The molecule has 0 unspecified atom stereocenters. The number of ether oxygens (including phenoxy) is 1. The summed E-state index contributed by atoms with van der Waals surface area (Å²) in [6.07, 6.45) is 1.97. The first kappa shape index (κ1) is 9.28. The van der Waals surface area contributed by atoms with Crippen molar-refractivity contribution >= 4 is 6.03 Å². The number of hydrogen-bond acceptors (Lipinski definition) is 3. The molecule has 0 aromatic rings. The van der Waals surface area contributed by atoms with Crippen LogP contribution in [0, 0.1) is 0 Å². The molecule has 2 amide bonds. The second kappa shape index (κ2) is 4.95. The highest BCUT2D eigenvalue weighted by Gasteiger charge is 2.15. The van der Waals surface area contributed by atoms with Gasteiger partial charge in [-0.3, -0.25) is 4.84 Å². The lowest BCUT2D eigenvalue weighted by atomic mass is 10.1. The fourth-order valence-corrected chi connectivity index (χ4v) is 1.16. The van der Waals surface area contributed by atoms with Crippen molar-refractivity contribution in [3.63, 3.8) is 0 Å². The monoisotopic (exact) mass is 174 g/mol. The fraction of sp³-hybridized carbons (Fsp3) is 0.857. The summed E-state index contributed by atoms with van der Waals surface area (Å²) >= 11 is 0. The molecule has 5 nitrogen and oxygen atoms in total. The van der Waals surface area contributed by atoms with Crippen molar-refractivity contribution in [1.82, 2.24) is 10.8 Å². The Morgan fingerprint density at radius 3 is 3.08 bits per heavy atom. The standard InChI is InChI=1S/C7H14N2O3/c1-11-9-7(10)8-6-3-2-4-12-5-6/h6H,2-5H2,1H3,(H2,8,9,10)/t6-/m1/s1. The fourth-order valence-electron chi connectivity index (χ4n) is 1.16. The molecule has 1 aliphatic rings. The van der Waals surface area contributed by atoms with Crippen molar-refractivity contribution in [2.45, 2.75) is 18.9 Å². The zero-order valence-corrected chi connectivity index (χ0v) is 7.13. The maximum atomic E-state index is 10.9. The molecule has 0 aromatic carbocycles. The van der Waals surface area contributed by atoms with Crippen molar-refractivity contribution < 1.29 is 14.4 Å². The summed E-state index contributed by atoms with van der Waals surface area (Å²) in [6.45, 7) is 1.39. The van der Waals surface area contributed by atoms with E-state index in [4.69, 9.17) is 4.74 Å². The molecule has 0 bridgehead atoms. The molecule has 0 aromatic heterocycles. The molecule has 1 atom stereocenters. The van der Waals surface area contributed by atoms with Gasteiger partial charge in [-0.25, -0.2) is 10.3 Å². The van der Waals surface area contributed by atoms with Crippen LogP contribution in [-0.2, 0) is 9.57 Å². The average molecular weight is 174 g/mol. The van der Waals surface area contributed by atoms with E-state index in [2.05, 4.69) is 15.6 Å². The average Bonchev–Trinajstić information content (AvgIpc) is 2.06. The molecular weight excluding hydrogens is 160 g/mol. The minimum atomic E-state index is -0.312. The van der Waals surface area contributed by atoms with Crippen LogP contribution in [0.4, 0.5) is 4.79 Å². The van der Waals surface area contributed by atoms with Crippen LogP contribution in [0.3, 0.4) is 0 Å². The molecule has 1 aliphatic heterocycles. The van der Waals surface area contributed by atoms with E-state index in [9.17, 15) is 4.79 Å². The van der Waals surface area contributed by atoms with Crippen molar-refractivity contribution in [2.24, 2.45) is 0 Å². The van der Waals surface area contributed by atoms with Crippen LogP contribution in [0.1, 0.15) is 12.8 Å².